The van der Waals surface area contributed by atoms with Gasteiger partial charge in [0.2, 0.25) is 0 Å². The summed E-state index contributed by atoms with van der Waals surface area (Å²) in [4.78, 5) is -0.556. The fourth-order valence-corrected chi connectivity index (χ4v) is 4.39. The molecule has 1 aromatic carbocycles. The molecule has 0 bridgehead atoms. The number of fused-ring (bicyclic) bond motifs is 1. The number of thiophene rings is 1. The number of ether oxygens (including phenoxy) is 1. The van der Waals surface area contributed by atoms with E-state index in [-0.39, 0.29) is 5.56 Å². The van der Waals surface area contributed by atoms with Crippen molar-refractivity contribution in [2.75, 3.05) is 6.61 Å². The zero-order chi connectivity index (χ0) is 18.9. The van der Waals surface area contributed by atoms with Crippen LogP contribution in [-0.4, -0.2) is 19.2 Å². The van der Waals surface area contributed by atoms with E-state index < -0.39 is 19.1 Å². The Kier molecular flexibility index (Phi) is 5.32. The van der Waals surface area contributed by atoms with E-state index >= 15 is 0 Å². The summed E-state index contributed by atoms with van der Waals surface area (Å²) in [6.45, 7) is 7.87. The predicted octanol–water partition coefficient (Wildman–Crippen LogP) is 6.70. The van der Waals surface area contributed by atoms with Crippen molar-refractivity contribution < 1.29 is 17.9 Å². The Hall–Kier alpha value is -1.57. The standard InChI is InChI=1S/C19H22F3NOSSi/c1-26(2,3)11-9-24-13-23-12-16(14-6-4-5-7-17(14)23)15-8-10-25-18(15)19(20,21)22/h4-8,10,12H,9,11,13H2,1-3H3. The molecule has 0 saturated heterocycles. The molecule has 26 heavy (non-hydrogen) atoms. The highest BCUT2D eigenvalue weighted by molar-refractivity contribution is 7.10. The van der Waals surface area contributed by atoms with Gasteiger partial charge in [-0.05, 0) is 23.6 Å². The quantitative estimate of drug-likeness (QED) is 0.333. The molecule has 0 N–H and O–H groups in total. The van der Waals surface area contributed by atoms with Crippen LogP contribution in [-0.2, 0) is 17.6 Å². The summed E-state index contributed by atoms with van der Waals surface area (Å²) in [5, 5.41) is 2.31. The van der Waals surface area contributed by atoms with Gasteiger partial charge in [-0.3, -0.25) is 0 Å². The van der Waals surface area contributed by atoms with Gasteiger partial charge in [0.1, 0.15) is 11.6 Å². The molecular formula is C19H22F3NOSSi. The maximum Gasteiger partial charge on any atom is 0.426 e. The third-order valence-corrected chi connectivity index (χ3v) is 6.89. The molecule has 0 unspecified atom stereocenters. The van der Waals surface area contributed by atoms with Crippen molar-refractivity contribution in [1.82, 2.24) is 4.57 Å². The van der Waals surface area contributed by atoms with Gasteiger partial charge in [-0.2, -0.15) is 13.2 Å². The largest absolute Gasteiger partial charge is 0.426 e. The van der Waals surface area contributed by atoms with E-state index in [4.69, 9.17) is 4.74 Å². The van der Waals surface area contributed by atoms with E-state index in [1.54, 1.807) is 12.3 Å². The summed E-state index contributed by atoms with van der Waals surface area (Å²) < 4.78 is 47.7. The molecule has 0 aliphatic rings. The van der Waals surface area contributed by atoms with Gasteiger partial charge in [0.25, 0.3) is 0 Å². The lowest BCUT2D eigenvalue weighted by molar-refractivity contribution is -0.133. The summed E-state index contributed by atoms with van der Waals surface area (Å²) in [5.41, 5.74) is 1.72. The normalized spacial score (nSPS) is 12.8. The average molecular weight is 398 g/mol. The number of nitrogens with zero attached hydrogens (tertiary/aromatic N) is 1. The number of para-hydroxylation sites is 1. The highest BCUT2D eigenvalue weighted by atomic mass is 32.1. The fraction of sp³-hybridized carbons (Fsp3) is 0.368. The second-order valence-corrected chi connectivity index (χ2v) is 14.1. The molecule has 2 aromatic heterocycles. The molecular weight excluding hydrogens is 375 g/mol. The van der Waals surface area contributed by atoms with Crippen LogP contribution in [0.25, 0.3) is 22.0 Å². The van der Waals surface area contributed by atoms with Crippen LogP contribution in [0.2, 0.25) is 25.7 Å². The lowest BCUT2D eigenvalue weighted by Crippen LogP contribution is -2.21. The van der Waals surface area contributed by atoms with Crippen molar-refractivity contribution in [3.8, 4) is 11.1 Å². The number of rotatable bonds is 6. The molecule has 3 aromatic rings. The van der Waals surface area contributed by atoms with Gasteiger partial charge < -0.3 is 9.30 Å². The van der Waals surface area contributed by atoms with Crippen LogP contribution in [0.1, 0.15) is 4.88 Å². The first-order valence-electron chi connectivity index (χ1n) is 8.47. The van der Waals surface area contributed by atoms with Crippen LogP contribution in [0.3, 0.4) is 0 Å². The summed E-state index contributed by atoms with van der Waals surface area (Å²) in [5.74, 6) is 0. The molecule has 0 atom stereocenters. The third kappa shape index (κ3) is 4.21. The Labute approximate surface area is 156 Å². The topological polar surface area (TPSA) is 14.2 Å². The minimum atomic E-state index is -4.35. The minimum absolute atomic E-state index is 0.236. The molecule has 0 aliphatic carbocycles. The minimum Gasteiger partial charge on any atom is -0.361 e. The maximum absolute atomic E-state index is 13.3. The Bertz CT molecular complexity index is 892. The molecule has 0 amide bonds. The lowest BCUT2D eigenvalue weighted by Gasteiger charge is -2.15. The first-order valence-corrected chi connectivity index (χ1v) is 13.1. The summed E-state index contributed by atoms with van der Waals surface area (Å²) in [6.07, 6.45) is -2.57. The molecule has 2 heterocycles. The van der Waals surface area contributed by atoms with Gasteiger partial charge in [0, 0.05) is 37.4 Å². The number of hydrogen-bond donors (Lipinski definition) is 0. The molecule has 0 spiro atoms. The lowest BCUT2D eigenvalue weighted by atomic mass is 10.1. The van der Waals surface area contributed by atoms with Crippen LogP contribution < -0.4 is 0 Å². The first-order chi connectivity index (χ1) is 12.2. The van der Waals surface area contributed by atoms with Crippen molar-refractivity contribution in [3.05, 3.63) is 46.8 Å². The van der Waals surface area contributed by atoms with Crippen molar-refractivity contribution in [2.24, 2.45) is 0 Å². The highest BCUT2D eigenvalue weighted by Gasteiger charge is 2.35. The molecule has 140 valence electrons. The molecule has 0 saturated carbocycles. The molecule has 0 aliphatic heterocycles. The smallest absolute Gasteiger partial charge is 0.361 e. The van der Waals surface area contributed by atoms with E-state index in [1.165, 1.54) is 5.38 Å². The number of halogens is 3. The Morgan fingerprint density at radius 3 is 2.50 bits per heavy atom. The molecule has 3 rings (SSSR count). The number of hydrogen-bond acceptors (Lipinski definition) is 2. The Morgan fingerprint density at radius 2 is 1.81 bits per heavy atom. The fourth-order valence-electron chi connectivity index (χ4n) is 2.85. The van der Waals surface area contributed by atoms with Crippen molar-refractivity contribution in [2.45, 2.75) is 38.6 Å². The molecule has 2 nitrogen and oxygen atoms in total. The second-order valence-electron chi connectivity index (χ2n) is 7.54. The highest BCUT2D eigenvalue weighted by Crippen LogP contribution is 2.43. The van der Waals surface area contributed by atoms with Gasteiger partial charge in [0.05, 0.1) is 5.52 Å². The van der Waals surface area contributed by atoms with Gasteiger partial charge >= 0.3 is 6.18 Å². The first kappa shape index (κ1) is 19.2. The monoisotopic (exact) mass is 397 g/mol. The van der Waals surface area contributed by atoms with Crippen molar-refractivity contribution in [1.29, 1.82) is 0 Å². The Morgan fingerprint density at radius 1 is 1.08 bits per heavy atom. The SMILES string of the molecule is C[Si](C)(C)CCOCn1cc(-c2ccsc2C(F)(F)F)c2ccccc21. The average Bonchev–Trinajstić information content (AvgIpc) is 3.15. The number of alkyl halides is 3. The van der Waals surface area contributed by atoms with Gasteiger partial charge in [-0.25, -0.2) is 0 Å². The number of benzene rings is 1. The molecule has 7 heteroatoms. The maximum atomic E-state index is 13.3. The van der Waals surface area contributed by atoms with Crippen LogP contribution >= 0.6 is 11.3 Å². The van der Waals surface area contributed by atoms with E-state index in [0.717, 1.165) is 28.3 Å². The van der Waals surface area contributed by atoms with Crippen molar-refractivity contribution >= 4 is 30.3 Å². The zero-order valence-electron chi connectivity index (χ0n) is 15.1. The van der Waals surface area contributed by atoms with E-state index in [1.807, 2.05) is 28.8 Å². The third-order valence-electron chi connectivity index (χ3n) is 4.23. The Balaban J connectivity index is 1.93. The van der Waals surface area contributed by atoms with Gasteiger partial charge in [0.15, 0.2) is 0 Å². The van der Waals surface area contributed by atoms with Crippen molar-refractivity contribution in [3.63, 3.8) is 0 Å². The van der Waals surface area contributed by atoms with Gasteiger partial charge in [-0.15, -0.1) is 11.3 Å². The van der Waals surface area contributed by atoms with Crippen LogP contribution in [0.15, 0.2) is 41.9 Å². The molecule has 0 radical (unpaired) electrons. The van der Waals surface area contributed by atoms with Crippen LogP contribution in [0, 0.1) is 0 Å². The summed E-state index contributed by atoms with van der Waals surface area (Å²) >= 11 is 0.732. The second kappa shape index (κ2) is 7.21. The molecule has 0 fully saturated rings. The van der Waals surface area contributed by atoms with Crippen LogP contribution in [0.5, 0.6) is 0 Å². The zero-order valence-corrected chi connectivity index (χ0v) is 16.9. The summed E-state index contributed by atoms with van der Waals surface area (Å²) in [7, 11) is -1.17. The number of aromatic nitrogens is 1. The van der Waals surface area contributed by atoms with Gasteiger partial charge in [-0.1, -0.05) is 37.8 Å². The van der Waals surface area contributed by atoms with Crippen LogP contribution in [0.4, 0.5) is 13.2 Å². The predicted molar refractivity (Wildman–Crippen MR) is 104 cm³/mol. The van der Waals surface area contributed by atoms with E-state index in [9.17, 15) is 13.2 Å². The van der Waals surface area contributed by atoms with E-state index in [2.05, 4.69) is 19.6 Å². The van der Waals surface area contributed by atoms with E-state index in [0.29, 0.717) is 18.9 Å². The summed E-state index contributed by atoms with van der Waals surface area (Å²) in [6, 6.07) is 10.1.